The standard InChI is InChI=1S/C12H21N3O2/c1-14(11(16)6-10-7-13-8-10)9-12(17)15-4-2-3-5-15/h10,13H,2-9H2,1H3. The Morgan fingerprint density at radius 3 is 2.47 bits per heavy atom. The van der Waals surface area contributed by atoms with E-state index < -0.39 is 0 Å². The molecule has 0 aromatic rings. The molecule has 0 atom stereocenters. The van der Waals surface area contributed by atoms with Crippen LogP contribution in [0, 0.1) is 5.92 Å². The van der Waals surface area contributed by atoms with Crippen molar-refractivity contribution in [1.82, 2.24) is 15.1 Å². The highest BCUT2D eigenvalue weighted by molar-refractivity contribution is 5.84. The summed E-state index contributed by atoms with van der Waals surface area (Å²) in [7, 11) is 1.72. The van der Waals surface area contributed by atoms with E-state index in [-0.39, 0.29) is 18.4 Å². The number of rotatable bonds is 4. The van der Waals surface area contributed by atoms with Gasteiger partial charge in [0.1, 0.15) is 0 Å². The highest BCUT2D eigenvalue weighted by Gasteiger charge is 2.24. The molecule has 96 valence electrons. The van der Waals surface area contributed by atoms with Crippen molar-refractivity contribution < 1.29 is 9.59 Å². The van der Waals surface area contributed by atoms with E-state index in [0.717, 1.165) is 39.0 Å². The molecule has 0 radical (unpaired) electrons. The van der Waals surface area contributed by atoms with E-state index in [9.17, 15) is 9.59 Å². The fourth-order valence-electron chi connectivity index (χ4n) is 2.25. The van der Waals surface area contributed by atoms with Crippen LogP contribution in [0.25, 0.3) is 0 Å². The Balaban J connectivity index is 1.72. The quantitative estimate of drug-likeness (QED) is 0.731. The summed E-state index contributed by atoms with van der Waals surface area (Å²) < 4.78 is 0. The summed E-state index contributed by atoms with van der Waals surface area (Å²) in [5, 5.41) is 3.15. The monoisotopic (exact) mass is 239 g/mol. The zero-order chi connectivity index (χ0) is 12.3. The van der Waals surface area contributed by atoms with E-state index in [1.165, 1.54) is 0 Å². The van der Waals surface area contributed by atoms with Crippen molar-refractivity contribution in [3.8, 4) is 0 Å². The van der Waals surface area contributed by atoms with Gasteiger partial charge in [-0.1, -0.05) is 0 Å². The Morgan fingerprint density at radius 2 is 1.94 bits per heavy atom. The van der Waals surface area contributed by atoms with Crippen molar-refractivity contribution >= 4 is 11.8 Å². The lowest BCUT2D eigenvalue weighted by Gasteiger charge is -2.28. The van der Waals surface area contributed by atoms with Crippen LogP contribution in [0.3, 0.4) is 0 Å². The number of likely N-dealkylation sites (tertiary alicyclic amines) is 1. The van der Waals surface area contributed by atoms with Gasteiger partial charge in [0.15, 0.2) is 0 Å². The molecule has 2 aliphatic rings. The maximum Gasteiger partial charge on any atom is 0.242 e. The summed E-state index contributed by atoms with van der Waals surface area (Å²) >= 11 is 0. The summed E-state index contributed by atoms with van der Waals surface area (Å²) in [4.78, 5) is 27.1. The van der Waals surface area contributed by atoms with Crippen molar-refractivity contribution in [2.45, 2.75) is 19.3 Å². The van der Waals surface area contributed by atoms with Gasteiger partial charge >= 0.3 is 0 Å². The van der Waals surface area contributed by atoms with Gasteiger partial charge < -0.3 is 15.1 Å². The van der Waals surface area contributed by atoms with Gasteiger partial charge in [0, 0.05) is 26.6 Å². The van der Waals surface area contributed by atoms with Gasteiger partial charge in [0.05, 0.1) is 6.54 Å². The number of hydrogen-bond acceptors (Lipinski definition) is 3. The third-order valence-corrected chi connectivity index (χ3v) is 3.59. The van der Waals surface area contributed by atoms with Crippen LogP contribution >= 0.6 is 0 Å². The third kappa shape index (κ3) is 3.19. The molecule has 2 heterocycles. The molecular formula is C12H21N3O2. The van der Waals surface area contributed by atoms with Crippen LogP contribution in [0.5, 0.6) is 0 Å². The van der Waals surface area contributed by atoms with E-state index in [0.29, 0.717) is 12.3 Å². The van der Waals surface area contributed by atoms with Gasteiger partial charge in [-0.15, -0.1) is 0 Å². The van der Waals surface area contributed by atoms with Crippen molar-refractivity contribution in [2.75, 3.05) is 39.8 Å². The first kappa shape index (κ1) is 12.4. The fraction of sp³-hybridized carbons (Fsp3) is 0.833. The van der Waals surface area contributed by atoms with Gasteiger partial charge in [-0.2, -0.15) is 0 Å². The molecule has 1 N–H and O–H groups in total. The Morgan fingerprint density at radius 1 is 1.29 bits per heavy atom. The molecule has 0 aliphatic carbocycles. The Kier molecular flexibility index (Phi) is 3.99. The lowest BCUT2D eigenvalue weighted by molar-refractivity contribution is -0.139. The molecule has 17 heavy (non-hydrogen) atoms. The molecule has 2 aliphatic heterocycles. The Hall–Kier alpha value is -1.10. The molecule has 0 saturated carbocycles. The van der Waals surface area contributed by atoms with Crippen molar-refractivity contribution in [2.24, 2.45) is 5.92 Å². The number of amides is 2. The van der Waals surface area contributed by atoms with Crippen molar-refractivity contribution in [3.63, 3.8) is 0 Å². The number of likely N-dealkylation sites (N-methyl/N-ethyl adjacent to an activating group) is 1. The summed E-state index contributed by atoms with van der Waals surface area (Å²) in [6.07, 6.45) is 2.76. The summed E-state index contributed by atoms with van der Waals surface area (Å²) in [5.74, 6) is 0.640. The molecule has 0 spiro atoms. The molecule has 0 aromatic heterocycles. The second-order valence-electron chi connectivity index (χ2n) is 5.07. The summed E-state index contributed by atoms with van der Waals surface area (Å²) in [6.45, 7) is 3.80. The van der Waals surface area contributed by atoms with E-state index in [1.54, 1.807) is 11.9 Å². The number of hydrogen-bond donors (Lipinski definition) is 1. The number of nitrogens with one attached hydrogen (secondary N) is 1. The molecule has 0 aromatic carbocycles. The lowest BCUT2D eigenvalue weighted by atomic mass is 9.99. The van der Waals surface area contributed by atoms with Crippen LogP contribution in [0.1, 0.15) is 19.3 Å². The van der Waals surface area contributed by atoms with Gasteiger partial charge in [-0.05, 0) is 31.8 Å². The normalized spacial score (nSPS) is 20.2. The van der Waals surface area contributed by atoms with Crippen LogP contribution in [-0.2, 0) is 9.59 Å². The smallest absolute Gasteiger partial charge is 0.242 e. The first-order chi connectivity index (χ1) is 8.16. The highest BCUT2D eigenvalue weighted by Crippen LogP contribution is 2.11. The largest absolute Gasteiger partial charge is 0.341 e. The van der Waals surface area contributed by atoms with Crippen LogP contribution in [-0.4, -0.2) is 61.4 Å². The molecule has 5 heteroatoms. The summed E-state index contributed by atoms with van der Waals surface area (Å²) in [6, 6.07) is 0. The average molecular weight is 239 g/mol. The van der Waals surface area contributed by atoms with Crippen molar-refractivity contribution in [3.05, 3.63) is 0 Å². The zero-order valence-corrected chi connectivity index (χ0v) is 10.4. The topological polar surface area (TPSA) is 52.7 Å². The van der Waals surface area contributed by atoms with Gasteiger partial charge in [-0.3, -0.25) is 9.59 Å². The van der Waals surface area contributed by atoms with Crippen LogP contribution < -0.4 is 5.32 Å². The first-order valence-corrected chi connectivity index (χ1v) is 6.39. The molecule has 2 amide bonds. The van der Waals surface area contributed by atoms with E-state index in [4.69, 9.17) is 0 Å². The second kappa shape index (κ2) is 5.49. The minimum absolute atomic E-state index is 0.0871. The van der Waals surface area contributed by atoms with Crippen molar-refractivity contribution in [1.29, 1.82) is 0 Å². The zero-order valence-electron chi connectivity index (χ0n) is 10.4. The third-order valence-electron chi connectivity index (χ3n) is 3.59. The molecule has 0 unspecified atom stereocenters. The first-order valence-electron chi connectivity index (χ1n) is 6.39. The van der Waals surface area contributed by atoms with Gasteiger partial charge in [-0.25, -0.2) is 0 Å². The maximum absolute atomic E-state index is 11.8. The Labute approximate surface area is 102 Å². The predicted molar refractivity (Wildman–Crippen MR) is 64.4 cm³/mol. The van der Waals surface area contributed by atoms with E-state index in [2.05, 4.69) is 5.32 Å². The van der Waals surface area contributed by atoms with Crippen LogP contribution in [0.2, 0.25) is 0 Å². The molecule has 2 rings (SSSR count). The van der Waals surface area contributed by atoms with Crippen LogP contribution in [0.15, 0.2) is 0 Å². The van der Waals surface area contributed by atoms with E-state index >= 15 is 0 Å². The molecule has 0 bridgehead atoms. The van der Waals surface area contributed by atoms with Gasteiger partial charge in [0.2, 0.25) is 11.8 Å². The average Bonchev–Trinajstić information content (AvgIpc) is 2.76. The maximum atomic E-state index is 11.8. The summed E-state index contributed by atoms with van der Waals surface area (Å²) in [5.41, 5.74) is 0. The van der Waals surface area contributed by atoms with Crippen LogP contribution in [0.4, 0.5) is 0 Å². The molecule has 2 fully saturated rings. The fourth-order valence-corrected chi connectivity index (χ4v) is 2.25. The minimum Gasteiger partial charge on any atom is -0.341 e. The lowest BCUT2D eigenvalue weighted by Crippen LogP contribution is -2.46. The SMILES string of the molecule is CN(CC(=O)N1CCCC1)C(=O)CC1CNC1. The predicted octanol–water partition coefficient (Wildman–Crippen LogP) is -0.323. The molecule has 2 saturated heterocycles. The molecule has 5 nitrogen and oxygen atoms in total. The Bertz CT molecular complexity index is 296. The second-order valence-corrected chi connectivity index (χ2v) is 5.07. The van der Waals surface area contributed by atoms with E-state index in [1.807, 2.05) is 4.90 Å². The number of carbonyl (C=O) groups is 2. The number of nitrogens with zero attached hydrogens (tertiary/aromatic N) is 2. The highest BCUT2D eigenvalue weighted by atomic mass is 16.2. The number of carbonyl (C=O) groups excluding carboxylic acids is 2. The molecular weight excluding hydrogens is 218 g/mol. The minimum atomic E-state index is 0.0871. The van der Waals surface area contributed by atoms with Gasteiger partial charge in [0.25, 0.3) is 0 Å².